The summed E-state index contributed by atoms with van der Waals surface area (Å²) in [6, 6.07) is 13.2. The van der Waals surface area contributed by atoms with Crippen LogP contribution in [0.25, 0.3) is 6.08 Å². The number of para-hydroxylation sites is 1. The number of hydrogen-bond acceptors (Lipinski definition) is 15. The van der Waals surface area contributed by atoms with Gasteiger partial charge in [-0.25, -0.2) is 4.79 Å². The van der Waals surface area contributed by atoms with Crippen LogP contribution in [-0.2, 0) is 26.2 Å². The van der Waals surface area contributed by atoms with E-state index in [0.717, 1.165) is 35.1 Å². The van der Waals surface area contributed by atoms with Crippen molar-refractivity contribution in [3.63, 3.8) is 0 Å². The Bertz CT molecular complexity index is 2260. The minimum atomic E-state index is -3.14. The van der Waals surface area contributed by atoms with Gasteiger partial charge in [0.15, 0.2) is 17.6 Å². The number of aliphatic hydroxyl groups excluding tert-OH is 5. The van der Waals surface area contributed by atoms with Crippen molar-refractivity contribution in [3.8, 4) is 17.2 Å². The predicted octanol–water partition coefficient (Wildman–Crippen LogP) is 1.52. The van der Waals surface area contributed by atoms with E-state index in [9.17, 15) is 55.5 Å². The summed E-state index contributed by atoms with van der Waals surface area (Å²) in [5, 5.41) is 100. The number of carboxylic acid groups (broad SMARTS) is 1. The highest BCUT2D eigenvalue weighted by atomic mass is 16.8. The van der Waals surface area contributed by atoms with Crippen LogP contribution >= 0.6 is 0 Å². The molecule has 1 amide bonds. The van der Waals surface area contributed by atoms with Crippen LogP contribution in [0.2, 0.25) is 0 Å². The SMILES string of the molecule is O=C(O)[C@H]1[C@H](C[C@@]23CCCC[C@@]2(CO)CNc2ccccc23)c2cc(O)c(O[C@@]3(O)O[C@H](CO)[C@@H](O)[C@H](O)[C@H]3O)cc2N1C(=O)C=Cc1ccc(O)c(CC2=NCN=C2)c1. The fourth-order valence-corrected chi connectivity index (χ4v) is 9.98. The Labute approximate surface area is 344 Å². The van der Waals surface area contributed by atoms with Crippen LogP contribution in [0.4, 0.5) is 11.4 Å². The molecular formula is C43H48N4O13. The number of carboxylic acids is 1. The molecule has 5 aliphatic rings. The summed E-state index contributed by atoms with van der Waals surface area (Å²) in [5.74, 6) is -7.47. The van der Waals surface area contributed by atoms with Crippen molar-refractivity contribution in [3.05, 3.63) is 82.9 Å². The first kappa shape index (κ1) is 41.3. The van der Waals surface area contributed by atoms with Crippen molar-refractivity contribution >= 4 is 41.3 Å². The van der Waals surface area contributed by atoms with Crippen LogP contribution in [-0.4, -0.2) is 133 Å². The molecule has 4 heterocycles. The number of fused-ring (bicyclic) bond motifs is 4. The summed E-state index contributed by atoms with van der Waals surface area (Å²) < 4.78 is 10.9. The molecule has 3 aromatic carbocycles. The second-order valence-electron chi connectivity index (χ2n) is 16.3. The molecule has 4 aliphatic heterocycles. The second kappa shape index (κ2) is 15.9. The predicted molar refractivity (Wildman–Crippen MR) is 216 cm³/mol. The summed E-state index contributed by atoms with van der Waals surface area (Å²) in [7, 11) is 0. The maximum absolute atomic E-state index is 14.6. The molecule has 0 unspecified atom stereocenters. The van der Waals surface area contributed by atoms with Gasteiger partial charge in [0.2, 0.25) is 0 Å². The first-order valence-electron chi connectivity index (χ1n) is 19.9. The number of carbonyl (C=O) groups is 2. The zero-order chi connectivity index (χ0) is 42.6. The van der Waals surface area contributed by atoms with Crippen molar-refractivity contribution in [2.75, 3.05) is 36.6 Å². The molecule has 17 nitrogen and oxygen atoms in total. The van der Waals surface area contributed by atoms with Gasteiger partial charge < -0.3 is 60.7 Å². The molecule has 0 aromatic heterocycles. The van der Waals surface area contributed by atoms with Gasteiger partial charge >= 0.3 is 11.9 Å². The van der Waals surface area contributed by atoms with Gasteiger partial charge in [-0.15, -0.1) is 0 Å². The quantitative estimate of drug-likeness (QED) is 0.0971. The van der Waals surface area contributed by atoms with Crippen LogP contribution in [0.5, 0.6) is 17.2 Å². The molecule has 318 valence electrons. The van der Waals surface area contributed by atoms with Crippen molar-refractivity contribution in [2.24, 2.45) is 15.4 Å². The fourth-order valence-electron chi connectivity index (χ4n) is 9.98. The third-order valence-corrected chi connectivity index (χ3v) is 13.0. The monoisotopic (exact) mass is 828 g/mol. The Morgan fingerprint density at radius 3 is 2.52 bits per heavy atom. The molecule has 9 atom stereocenters. The lowest BCUT2D eigenvalue weighted by molar-refractivity contribution is -0.422. The zero-order valence-electron chi connectivity index (χ0n) is 32.5. The molecule has 0 spiro atoms. The van der Waals surface area contributed by atoms with Gasteiger partial charge in [0, 0.05) is 59.3 Å². The van der Waals surface area contributed by atoms with Crippen molar-refractivity contribution in [2.45, 2.75) is 86.3 Å². The highest BCUT2D eigenvalue weighted by Gasteiger charge is 2.60. The van der Waals surface area contributed by atoms with E-state index in [-0.39, 0.29) is 36.4 Å². The summed E-state index contributed by atoms with van der Waals surface area (Å²) in [6.45, 7) is -0.374. The van der Waals surface area contributed by atoms with E-state index in [1.807, 2.05) is 24.3 Å². The van der Waals surface area contributed by atoms with Gasteiger partial charge in [-0.05, 0) is 66.3 Å². The first-order chi connectivity index (χ1) is 28.7. The summed E-state index contributed by atoms with van der Waals surface area (Å²) in [4.78, 5) is 37.6. The number of benzene rings is 3. The Hall–Kier alpha value is -5.40. The Kier molecular flexibility index (Phi) is 10.9. The lowest BCUT2D eigenvalue weighted by Crippen LogP contribution is -2.67. The number of phenolic OH excluding ortho intramolecular Hbond substituents is 2. The van der Waals surface area contributed by atoms with Crippen molar-refractivity contribution in [1.82, 2.24) is 0 Å². The normalized spacial score (nSPS) is 31.9. The van der Waals surface area contributed by atoms with Gasteiger partial charge in [0.05, 0.1) is 24.6 Å². The number of carbonyl (C=O) groups excluding carboxylic acids is 1. The Morgan fingerprint density at radius 1 is 1.00 bits per heavy atom. The lowest BCUT2D eigenvalue weighted by atomic mass is 9.49. The number of aliphatic hydroxyl groups is 6. The highest BCUT2D eigenvalue weighted by Crippen LogP contribution is 2.62. The van der Waals surface area contributed by atoms with Gasteiger partial charge in [-0.2, -0.15) is 0 Å². The molecule has 0 bridgehead atoms. The van der Waals surface area contributed by atoms with E-state index in [2.05, 4.69) is 15.3 Å². The van der Waals surface area contributed by atoms with Gasteiger partial charge in [-0.1, -0.05) is 37.1 Å². The van der Waals surface area contributed by atoms with E-state index in [1.165, 1.54) is 24.3 Å². The standard InChI is InChI=1S/C43H48N4O13/c48-19-34-37(53)38(54)39(55)43(58,60-34)59-33-16-30-26(15-32(33)51)27(17-42-12-4-3-11-41(42,21-49)20-45-29-6-2-1-5-28(29)42)36(40(56)57)47(30)35(52)10-8-23-7-9-31(50)24(13-23)14-25-18-44-22-46-25/h1-2,5-10,13,15-16,18,27,34,36-39,45,48-51,53-55,58H,3-4,11-12,14,17,19-22H2,(H,56,57)/t27-,34-,36-,37-,38+,39-,41+,42-,43-/m1/s1. The molecule has 3 aromatic rings. The largest absolute Gasteiger partial charge is 0.508 e. The highest BCUT2D eigenvalue weighted by molar-refractivity contribution is 6.32. The van der Waals surface area contributed by atoms with E-state index in [1.54, 1.807) is 18.3 Å². The number of nitrogens with zero attached hydrogens (tertiary/aromatic N) is 3. The smallest absolute Gasteiger partial charge is 0.355 e. The number of aliphatic carboxylic acids is 1. The van der Waals surface area contributed by atoms with Gasteiger partial charge in [-0.3, -0.25) is 19.7 Å². The molecule has 17 heteroatoms. The van der Waals surface area contributed by atoms with Crippen LogP contribution in [0.3, 0.4) is 0 Å². The number of phenols is 2. The number of amides is 1. The molecular weight excluding hydrogens is 780 g/mol. The maximum Gasteiger partial charge on any atom is 0.355 e. The molecule has 1 saturated heterocycles. The third-order valence-electron chi connectivity index (χ3n) is 13.0. The van der Waals surface area contributed by atoms with Gasteiger partial charge in [0.25, 0.3) is 5.91 Å². The van der Waals surface area contributed by atoms with Gasteiger partial charge in [0.1, 0.15) is 36.8 Å². The fraction of sp³-hybridized carbons (Fsp3) is 0.442. The molecule has 1 aliphatic carbocycles. The summed E-state index contributed by atoms with van der Waals surface area (Å²) in [5.41, 5.74) is 2.21. The number of rotatable bonds is 11. The molecule has 60 heavy (non-hydrogen) atoms. The number of anilines is 2. The minimum absolute atomic E-state index is 0.0117. The van der Waals surface area contributed by atoms with Crippen LogP contribution in [0.15, 0.2) is 70.7 Å². The molecule has 10 N–H and O–H groups in total. The average Bonchev–Trinajstić information content (AvgIpc) is 3.87. The first-order valence-corrected chi connectivity index (χ1v) is 19.9. The zero-order valence-corrected chi connectivity index (χ0v) is 32.5. The minimum Gasteiger partial charge on any atom is -0.508 e. The van der Waals surface area contributed by atoms with E-state index < -0.39 is 83.2 Å². The lowest BCUT2D eigenvalue weighted by Gasteiger charge is -2.58. The number of ether oxygens (including phenoxy) is 2. The number of nitrogens with one attached hydrogen (secondary N) is 1. The van der Waals surface area contributed by atoms with Crippen molar-refractivity contribution in [1.29, 1.82) is 0 Å². The van der Waals surface area contributed by atoms with Crippen LogP contribution in [0.1, 0.15) is 60.3 Å². The number of hydrogen-bond donors (Lipinski definition) is 10. The number of aromatic hydroxyl groups is 2. The Morgan fingerprint density at radius 2 is 1.78 bits per heavy atom. The van der Waals surface area contributed by atoms with Crippen LogP contribution < -0.4 is 15.0 Å². The molecule has 8 rings (SSSR count). The van der Waals surface area contributed by atoms with Crippen molar-refractivity contribution < 1.29 is 65.0 Å². The summed E-state index contributed by atoms with van der Waals surface area (Å²) in [6.07, 6.45) is -0.230. The molecule has 2 fully saturated rings. The maximum atomic E-state index is 14.6. The molecule has 0 radical (unpaired) electrons. The van der Waals surface area contributed by atoms with Crippen LogP contribution in [0, 0.1) is 5.41 Å². The second-order valence-corrected chi connectivity index (χ2v) is 16.3. The Balaban J connectivity index is 1.23. The van der Waals surface area contributed by atoms with E-state index in [4.69, 9.17) is 9.47 Å². The number of aliphatic imine (C=N–C) groups is 2. The summed E-state index contributed by atoms with van der Waals surface area (Å²) >= 11 is 0. The topological polar surface area (TPSA) is 275 Å². The van der Waals surface area contributed by atoms with E-state index >= 15 is 0 Å². The molecule has 1 saturated carbocycles. The third kappa shape index (κ3) is 6.89. The van der Waals surface area contributed by atoms with E-state index in [0.29, 0.717) is 42.9 Å². The average molecular weight is 829 g/mol.